The topological polar surface area (TPSA) is 42.7 Å². The van der Waals surface area contributed by atoms with Gasteiger partial charge in [-0.05, 0) is 38.4 Å². The number of hydrogen-bond donors (Lipinski definition) is 0. The highest BCUT2D eigenvalue weighted by atomic mass is 79.9. The molecule has 0 spiro atoms. The fourth-order valence-corrected chi connectivity index (χ4v) is 3.77. The van der Waals surface area contributed by atoms with E-state index >= 15 is 0 Å². The van der Waals surface area contributed by atoms with Crippen molar-refractivity contribution in [3.63, 3.8) is 0 Å². The molecule has 1 aromatic heterocycles. The zero-order valence-corrected chi connectivity index (χ0v) is 15.1. The van der Waals surface area contributed by atoms with Crippen molar-refractivity contribution in [3.05, 3.63) is 34.0 Å². The summed E-state index contributed by atoms with van der Waals surface area (Å²) in [5.74, 6) is -0.514. The molecule has 1 atom stereocenters. The molecule has 0 aliphatic carbocycles. The van der Waals surface area contributed by atoms with Crippen molar-refractivity contribution in [2.24, 2.45) is 0 Å². The number of nitrogens with zero attached hydrogens (tertiary/aromatic N) is 1. The van der Waals surface area contributed by atoms with E-state index in [1.165, 1.54) is 11.2 Å². The van der Waals surface area contributed by atoms with E-state index in [9.17, 15) is 18.0 Å². The number of halogens is 4. The van der Waals surface area contributed by atoms with Crippen molar-refractivity contribution in [2.45, 2.75) is 38.5 Å². The predicted octanol–water partition coefficient (Wildman–Crippen LogP) is 4.90. The number of carbonyl (C=O) groups is 1. The first-order valence-electron chi connectivity index (χ1n) is 7.98. The lowest BCUT2D eigenvalue weighted by Gasteiger charge is -2.26. The molecule has 1 aromatic carbocycles. The van der Waals surface area contributed by atoms with Gasteiger partial charge in [0, 0.05) is 22.0 Å². The van der Waals surface area contributed by atoms with Crippen LogP contribution in [-0.4, -0.2) is 36.2 Å². The number of alkyl halides is 3. The summed E-state index contributed by atoms with van der Waals surface area (Å²) < 4.78 is 50.7. The predicted molar refractivity (Wildman–Crippen MR) is 89.4 cm³/mol. The normalized spacial score (nSPS) is 18.8. The van der Waals surface area contributed by atoms with E-state index in [2.05, 4.69) is 15.9 Å². The summed E-state index contributed by atoms with van der Waals surface area (Å²) in [7, 11) is 0. The Hall–Kier alpha value is -1.54. The highest BCUT2D eigenvalue weighted by Crippen LogP contribution is 2.36. The largest absolute Gasteiger partial charge is 0.463 e. The van der Waals surface area contributed by atoms with Gasteiger partial charge in [0.05, 0.1) is 6.61 Å². The molecule has 25 heavy (non-hydrogen) atoms. The Bertz CT molecular complexity index is 787. The molecule has 2 aromatic rings. The number of furan rings is 1. The van der Waals surface area contributed by atoms with Crippen LogP contribution in [-0.2, 0) is 11.3 Å². The van der Waals surface area contributed by atoms with E-state index in [1.807, 2.05) is 0 Å². The Labute approximate surface area is 151 Å². The number of rotatable bonds is 4. The van der Waals surface area contributed by atoms with Gasteiger partial charge in [0.25, 0.3) is 0 Å². The van der Waals surface area contributed by atoms with Crippen LogP contribution in [0.3, 0.4) is 0 Å². The average Bonchev–Trinajstić information content (AvgIpc) is 3.13. The second-order valence-corrected chi connectivity index (χ2v) is 6.90. The van der Waals surface area contributed by atoms with E-state index in [1.54, 1.807) is 19.1 Å². The van der Waals surface area contributed by atoms with Gasteiger partial charge in [-0.3, -0.25) is 4.90 Å². The summed E-state index contributed by atoms with van der Waals surface area (Å²) in [4.78, 5) is 13.4. The van der Waals surface area contributed by atoms with E-state index in [0.29, 0.717) is 34.0 Å². The summed E-state index contributed by atoms with van der Waals surface area (Å²) in [6, 6.07) is 1.99. The van der Waals surface area contributed by atoms with Crippen molar-refractivity contribution < 1.29 is 27.1 Å². The second kappa shape index (κ2) is 6.99. The number of ether oxygens (including phenoxy) is 1. The molecule has 1 saturated heterocycles. The van der Waals surface area contributed by atoms with Gasteiger partial charge in [-0.1, -0.05) is 15.9 Å². The van der Waals surface area contributed by atoms with Crippen LogP contribution in [0.1, 0.15) is 35.7 Å². The van der Waals surface area contributed by atoms with Crippen molar-refractivity contribution in [1.82, 2.24) is 4.90 Å². The zero-order valence-electron chi connectivity index (χ0n) is 13.5. The van der Waals surface area contributed by atoms with E-state index in [0.717, 1.165) is 0 Å². The fraction of sp³-hybridized carbons (Fsp3) is 0.471. The van der Waals surface area contributed by atoms with Crippen LogP contribution in [0.4, 0.5) is 13.2 Å². The first-order chi connectivity index (χ1) is 11.8. The first-order valence-corrected chi connectivity index (χ1v) is 8.78. The Kier molecular flexibility index (Phi) is 5.11. The van der Waals surface area contributed by atoms with Gasteiger partial charge < -0.3 is 9.15 Å². The van der Waals surface area contributed by atoms with Crippen LogP contribution in [0.2, 0.25) is 0 Å². The third-order valence-corrected chi connectivity index (χ3v) is 4.78. The molecular formula is C17H17BrF3NO3. The standard InChI is InChI=1S/C17H17BrF3NO3/c1-2-24-16(23)13-9-25-15-10(6-11(18)7-12(13)15)8-22-5-3-4-14(22)17(19,20)21/h6-7,9,14H,2-5,8H2,1H3. The number of benzene rings is 1. The third-order valence-electron chi connectivity index (χ3n) is 4.33. The number of hydrogen-bond acceptors (Lipinski definition) is 4. The van der Waals surface area contributed by atoms with E-state index in [-0.39, 0.29) is 25.1 Å². The minimum atomic E-state index is -4.25. The van der Waals surface area contributed by atoms with Gasteiger partial charge in [-0.2, -0.15) is 13.2 Å². The lowest BCUT2D eigenvalue weighted by atomic mass is 10.1. The molecule has 136 valence electrons. The molecule has 0 bridgehead atoms. The highest BCUT2D eigenvalue weighted by Gasteiger charge is 2.45. The van der Waals surface area contributed by atoms with Crippen LogP contribution in [0, 0.1) is 0 Å². The summed E-state index contributed by atoms with van der Waals surface area (Å²) in [6.07, 6.45) is -2.34. The van der Waals surface area contributed by atoms with Crippen molar-refractivity contribution in [1.29, 1.82) is 0 Å². The molecule has 0 N–H and O–H groups in total. The summed E-state index contributed by atoms with van der Waals surface area (Å²) in [6.45, 7) is 2.42. The maximum absolute atomic E-state index is 13.2. The van der Waals surface area contributed by atoms with Crippen molar-refractivity contribution in [3.8, 4) is 0 Å². The number of carbonyl (C=O) groups excluding carboxylic acids is 1. The lowest BCUT2D eigenvalue weighted by molar-refractivity contribution is -0.177. The second-order valence-electron chi connectivity index (χ2n) is 5.98. The summed E-state index contributed by atoms with van der Waals surface area (Å²) >= 11 is 3.36. The molecule has 1 fully saturated rings. The molecule has 1 aliphatic heterocycles. The summed E-state index contributed by atoms with van der Waals surface area (Å²) in [5.41, 5.74) is 1.29. The van der Waals surface area contributed by atoms with Crippen LogP contribution in [0.25, 0.3) is 11.0 Å². The average molecular weight is 420 g/mol. The quantitative estimate of drug-likeness (QED) is 0.661. The minimum absolute atomic E-state index is 0.104. The molecule has 2 heterocycles. The molecule has 0 radical (unpaired) electrons. The molecule has 1 unspecified atom stereocenters. The van der Waals surface area contributed by atoms with Crippen LogP contribution < -0.4 is 0 Å². The van der Waals surface area contributed by atoms with Gasteiger partial charge >= 0.3 is 12.1 Å². The Balaban J connectivity index is 1.96. The fourth-order valence-electron chi connectivity index (χ4n) is 3.26. The summed E-state index contributed by atoms with van der Waals surface area (Å²) in [5, 5.41) is 0.533. The van der Waals surface area contributed by atoms with Gasteiger partial charge in [0.2, 0.25) is 0 Å². The van der Waals surface area contributed by atoms with Gasteiger partial charge in [-0.15, -0.1) is 0 Å². The number of fused-ring (bicyclic) bond motifs is 1. The monoisotopic (exact) mass is 419 g/mol. The molecule has 3 rings (SSSR count). The van der Waals surface area contributed by atoms with E-state index in [4.69, 9.17) is 9.15 Å². The maximum atomic E-state index is 13.2. The van der Waals surface area contributed by atoms with Gasteiger partial charge in [0.15, 0.2) is 0 Å². The van der Waals surface area contributed by atoms with E-state index < -0.39 is 18.2 Å². The van der Waals surface area contributed by atoms with Crippen LogP contribution >= 0.6 is 15.9 Å². The molecule has 0 saturated carbocycles. The number of likely N-dealkylation sites (tertiary alicyclic amines) is 1. The zero-order chi connectivity index (χ0) is 18.2. The van der Waals surface area contributed by atoms with Gasteiger partial charge in [0.1, 0.15) is 23.5 Å². The number of esters is 1. The minimum Gasteiger partial charge on any atom is -0.463 e. The molecular weight excluding hydrogens is 403 g/mol. The van der Waals surface area contributed by atoms with Crippen LogP contribution in [0.15, 0.2) is 27.3 Å². The highest BCUT2D eigenvalue weighted by molar-refractivity contribution is 9.10. The van der Waals surface area contributed by atoms with Gasteiger partial charge in [-0.25, -0.2) is 4.79 Å². The SMILES string of the molecule is CCOC(=O)c1coc2c(CN3CCCC3C(F)(F)F)cc(Br)cc12. The Morgan fingerprint density at radius 3 is 2.88 bits per heavy atom. The maximum Gasteiger partial charge on any atom is 0.404 e. The smallest absolute Gasteiger partial charge is 0.404 e. The lowest BCUT2D eigenvalue weighted by Crippen LogP contribution is -2.40. The van der Waals surface area contributed by atoms with Crippen molar-refractivity contribution in [2.75, 3.05) is 13.2 Å². The molecule has 8 heteroatoms. The Morgan fingerprint density at radius 2 is 2.20 bits per heavy atom. The molecule has 4 nitrogen and oxygen atoms in total. The molecule has 1 aliphatic rings. The van der Waals surface area contributed by atoms with Crippen molar-refractivity contribution >= 4 is 32.9 Å². The molecule has 0 amide bonds. The third kappa shape index (κ3) is 3.69. The first kappa shape index (κ1) is 18.3. The Morgan fingerprint density at radius 1 is 1.44 bits per heavy atom. The van der Waals surface area contributed by atoms with Crippen LogP contribution in [0.5, 0.6) is 0 Å².